The van der Waals surface area contributed by atoms with E-state index < -0.39 is 5.79 Å². The van der Waals surface area contributed by atoms with E-state index in [2.05, 4.69) is 6.92 Å². The molecule has 0 bridgehead atoms. The van der Waals surface area contributed by atoms with Gasteiger partial charge in [0.15, 0.2) is 5.79 Å². The van der Waals surface area contributed by atoms with Crippen LogP contribution in [0.2, 0.25) is 0 Å². The molecule has 2 nitrogen and oxygen atoms in total. The van der Waals surface area contributed by atoms with Crippen LogP contribution >= 0.6 is 0 Å². The summed E-state index contributed by atoms with van der Waals surface area (Å²) in [7, 11) is 0. The molecule has 1 saturated heterocycles. The Hall–Kier alpha value is -0.0800. The molecule has 1 aliphatic heterocycles. The molecule has 1 N–H and O–H groups in total. The molecule has 1 rings (SSSR count). The normalized spacial score (nSPS) is 27.3. The average Bonchev–Trinajstić information content (AvgIpc) is 2.46. The Kier molecular flexibility index (Phi) is 10.4. The molecule has 0 aliphatic carbocycles. The molecule has 120 valence electrons. The summed E-state index contributed by atoms with van der Waals surface area (Å²) in [5.74, 6) is -0.832. The maximum absolute atomic E-state index is 10.7. The number of hydrogen-bond donors (Lipinski definition) is 1. The molecule has 1 aliphatic rings. The minimum Gasteiger partial charge on any atom is -0.365 e. The van der Waals surface area contributed by atoms with Gasteiger partial charge in [-0.3, -0.25) is 0 Å². The van der Waals surface area contributed by atoms with Crippen LogP contribution in [0.25, 0.3) is 0 Å². The molecule has 1 heterocycles. The minimum atomic E-state index is -0.832. The first-order valence-corrected chi connectivity index (χ1v) is 9.13. The lowest BCUT2D eigenvalue weighted by Crippen LogP contribution is -2.32. The van der Waals surface area contributed by atoms with Gasteiger partial charge in [0, 0.05) is 12.8 Å². The summed E-state index contributed by atoms with van der Waals surface area (Å²) in [4.78, 5) is 0. The first-order valence-electron chi connectivity index (χ1n) is 9.13. The third-order valence-electron chi connectivity index (χ3n) is 4.50. The third-order valence-corrected chi connectivity index (χ3v) is 4.50. The second-order valence-electron chi connectivity index (χ2n) is 6.54. The molecule has 1 unspecified atom stereocenters. The van der Waals surface area contributed by atoms with Gasteiger partial charge in [-0.2, -0.15) is 0 Å². The third kappa shape index (κ3) is 8.97. The van der Waals surface area contributed by atoms with Gasteiger partial charge < -0.3 is 9.84 Å². The molecule has 2 heteroatoms. The zero-order valence-corrected chi connectivity index (χ0v) is 13.7. The zero-order valence-electron chi connectivity index (χ0n) is 13.7. The van der Waals surface area contributed by atoms with Gasteiger partial charge >= 0.3 is 0 Å². The summed E-state index contributed by atoms with van der Waals surface area (Å²) in [6.45, 7) is 2.97. The second kappa shape index (κ2) is 11.6. The fourth-order valence-corrected chi connectivity index (χ4v) is 3.10. The number of unbranched alkanes of at least 4 members (excludes halogenated alkanes) is 3. The van der Waals surface area contributed by atoms with Gasteiger partial charge in [0.1, 0.15) is 0 Å². The van der Waals surface area contributed by atoms with Crippen molar-refractivity contribution in [2.75, 3.05) is 6.61 Å². The van der Waals surface area contributed by atoms with E-state index >= 15 is 0 Å². The quantitative estimate of drug-likeness (QED) is 0.668. The molecule has 20 heavy (non-hydrogen) atoms. The van der Waals surface area contributed by atoms with Crippen LogP contribution in [-0.4, -0.2) is 17.5 Å². The summed E-state index contributed by atoms with van der Waals surface area (Å²) in [6.07, 6.45) is 18.0. The molecule has 0 saturated carbocycles. The highest BCUT2D eigenvalue weighted by Gasteiger charge is 2.26. The van der Waals surface area contributed by atoms with E-state index in [9.17, 15) is 5.11 Å². The molecular formula is C18H36O2. The molecule has 1 fully saturated rings. The van der Waals surface area contributed by atoms with Crippen molar-refractivity contribution in [3.8, 4) is 0 Å². The first kappa shape index (κ1) is 18.0. The number of rotatable bonds is 5. The lowest BCUT2D eigenvalue weighted by Gasteiger charge is -2.28. The topological polar surface area (TPSA) is 29.5 Å². The monoisotopic (exact) mass is 284 g/mol. The van der Waals surface area contributed by atoms with Gasteiger partial charge in [-0.05, 0) is 19.3 Å². The smallest absolute Gasteiger partial charge is 0.165 e. The van der Waals surface area contributed by atoms with Crippen LogP contribution < -0.4 is 0 Å². The van der Waals surface area contributed by atoms with Crippen LogP contribution in [0.1, 0.15) is 103 Å². The molecule has 1 atom stereocenters. The van der Waals surface area contributed by atoms with E-state index in [1.54, 1.807) is 0 Å². The van der Waals surface area contributed by atoms with Gasteiger partial charge in [-0.1, -0.05) is 71.1 Å². The zero-order chi connectivity index (χ0) is 14.5. The van der Waals surface area contributed by atoms with Crippen molar-refractivity contribution in [3.63, 3.8) is 0 Å². The molecule has 0 radical (unpaired) electrons. The van der Waals surface area contributed by atoms with E-state index in [0.717, 1.165) is 38.7 Å². The van der Waals surface area contributed by atoms with E-state index in [1.165, 1.54) is 64.2 Å². The van der Waals surface area contributed by atoms with Crippen LogP contribution in [0.5, 0.6) is 0 Å². The summed E-state index contributed by atoms with van der Waals surface area (Å²) in [5.41, 5.74) is 0. The SMILES string of the molecule is CCCCCCC1(O)CCCCCCCCCCCO1. The van der Waals surface area contributed by atoms with Crippen molar-refractivity contribution in [3.05, 3.63) is 0 Å². The average molecular weight is 284 g/mol. The minimum absolute atomic E-state index is 0.740. The standard InChI is InChI=1S/C18H36O2/c1-2-3-4-12-15-18(19)16-13-10-8-6-5-7-9-11-14-17-20-18/h19H,2-17H2,1H3. The number of hydrogen-bond acceptors (Lipinski definition) is 2. The first-order chi connectivity index (χ1) is 9.77. The number of ether oxygens (including phenoxy) is 1. The Morgan fingerprint density at radius 1 is 0.800 bits per heavy atom. The maximum atomic E-state index is 10.7. The number of aliphatic hydroxyl groups is 1. The summed E-state index contributed by atoms with van der Waals surface area (Å²) < 4.78 is 5.88. The van der Waals surface area contributed by atoms with Crippen molar-refractivity contribution < 1.29 is 9.84 Å². The maximum Gasteiger partial charge on any atom is 0.165 e. The molecule has 0 aromatic rings. The van der Waals surface area contributed by atoms with Crippen molar-refractivity contribution in [1.29, 1.82) is 0 Å². The summed E-state index contributed by atoms with van der Waals surface area (Å²) in [6, 6.07) is 0. The van der Waals surface area contributed by atoms with Gasteiger partial charge in [0.2, 0.25) is 0 Å². The Bertz CT molecular complexity index is 201. The highest BCUT2D eigenvalue weighted by molar-refractivity contribution is 4.68. The molecule has 0 amide bonds. The molecule has 0 aromatic heterocycles. The summed E-state index contributed by atoms with van der Waals surface area (Å²) >= 11 is 0. The van der Waals surface area contributed by atoms with Crippen molar-refractivity contribution in [2.24, 2.45) is 0 Å². The van der Waals surface area contributed by atoms with E-state index in [4.69, 9.17) is 4.74 Å². The van der Waals surface area contributed by atoms with Crippen molar-refractivity contribution >= 4 is 0 Å². The van der Waals surface area contributed by atoms with Gasteiger partial charge in [0.25, 0.3) is 0 Å². The van der Waals surface area contributed by atoms with Crippen molar-refractivity contribution in [2.45, 2.75) is 109 Å². The van der Waals surface area contributed by atoms with Crippen LogP contribution in [0.3, 0.4) is 0 Å². The predicted octanol–water partition coefficient (Wildman–Crippen LogP) is 5.58. The van der Waals surface area contributed by atoms with Gasteiger partial charge in [-0.25, -0.2) is 0 Å². The molecule has 0 aromatic carbocycles. The lowest BCUT2D eigenvalue weighted by atomic mass is 9.99. The van der Waals surface area contributed by atoms with Crippen LogP contribution in [0.15, 0.2) is 0 Å². The van der Waals surface area contributed by atoms with Crippen LogP contribution in [-0.2, 0) is 4.74 Å². The highest BCUT2D eigenvalue weighted by atomic mass is 16.6. The Labute approximate surface area is 126 Å². The Morgan fingerprint density at radius 3 is 2.05 bits per heavy atom. The Morgan fingerprint density at radius 2 is 1.40 bits per heavy atom. The van der Waals surface area contributed by atoms with E-state index in [1.807, 2.05) is 0 Å². The summed E-state index contributed by atoms with van der Waals surface area (Å²) in [5, 5.41) is 10.7. The Balaban J connectivity index is 2.33. The van der Waals surface area contributed by atoms with Crippen LogP contribution in [0.4, 0.5) is 0 Å². The lowest BCUT2D eigenvalue weighted by molar-refractivity contribution is -0.213. The van der Waals surface area contributed by atoms with Gasteiger partial charge in [-0.15, -0.1) is 0 Å². The second-order valence-corrected chi connectivity index (χ2v) is 6.54. The molecule has 0 spiro atoms. The highest BCUT2D eigenvalue weighted by Crippen LogP contribution is 2.25. The fraction of sp³-hybridized carbons (Fsp3) is 1.00. The van der Waals surface area contributed by atoms with Crippen LogP contribution in [0, 0.1) is 0 Å². The predicted molar refractivity (Wildman–Crippen MR) is 85.8 cm³/mol. The van der Waals surface area contributed by atoms with E-state index in [-0.39, 0.29) is 0 Å². The molecular weight excluding hydrogens is 248 g/mol. The van der Waals surface area contributed by atoms with Gasteiger partial charge in [0.05, 0.1) is 6.61 Å². The van der Waals surface area contributed by atoms with Crippen molar-refractivity contribution in [1.82, 2.24) is 0 Å². The largest absolute Gasteiger partial charge is 0.365 e. The fourth-order valence-electron chi connectivity index (χ4n) is 3.10. The van der Waals surface area contributed by atoms with E-state index in [0.29, 0.717) is 0 Å².